The zero-order chi connectivity index (χ0) is 10.4. The van der Waals surface area contributed by atoms with Crippen LogP contribution in [0.25, 0.3) is 0 Å². The van der Waals surface area contributed by atoms with Gasteiger partial charge >= 0.3 is 0 Å². The Bertz CT molecular complexity index is 260. The molecule has 3 nitrogen and oxygen atoms in total. The molecule has 1 heterocycles. The molecule has 0 bridgehead atoms. The third-order valence-electron chi connectivity index (χ3n) is 2.10. The van der Waals surface area contributed by atoms with Gasteiger partial charge in [0.1, 0.15) is 0 Å². The van der Waals surface area contributed by atoms with Gasteiger partial charge in [-0.3, -0.25) is 4.68 Å². The summed E-state index contributed by atoms with van der Waals surface area (Å²) in [5.41, 5.74) is 1.29. The number of aryl methyl sites for hydroxylation is 1. The Hall–Kier alpha value is -0.480. The lowest BCUT2D eigenvalue weighted by atomic mass is 10.2. The molecule has 1 atom stereocenters. The first-order valence-corrected chi connectivity index (χ1v) is 6.38. The summed E-state index contributed by atoms with van der Waals surface area (Å²) in [7, 11) is 1.96. The molecule has 0 spiro atoms. The van der Waals surface area contributed by atoms with E-state index in [1.165, 1.54) is 12.0 Å². The summed E-state index contributed by atoms with van der Waals surface area (Å²) in [5.74, 6) is 1.10. The van der Waals surface area contributed by atoms with Crippen LogP contribution in [0.3, 0.4) is 0 Å². The van der Waals surface area contributed by atoms with E-state index >= 15 is 0 Å². The maximum atomic E-state index is 4.20. The van der Waals surface area contributed by atoms with Gasteiger partial charge in [0, 0.05) is 30.6 Å². The molecule has 4 heteroatoms. The maximum Gasteiger partial charge on any atom is 0.0537 e. The van der Waals surface area contributed by atoms with Gasteiger partial charge in [0.05, 0.1) is 6.20 Å². The van der Waals surface area contributed by atoms with Crippen LogP contribution in [-0.4, -0.2) is 28.3 Å². The van der Waals surface area contributed by atoms with Crippen LogP contribution in [0.5, 0.6) is 0 Å². The van der Waals surface area contributed by atoms with Crippen LogP contribution in [0, 0.1) is 0 Å². The molecular formula is C10H19N3S. The molecule has 0 aliphatic rings. The second-order valence-electron chi connectivity index (χ2n) is 3.41. The van der Waals surface area contributed by atoms with Gasteiger partial charge in [-0.15, -0.1) is 0 Å². The fourth-order valence-corrected chi connectivity index (χ4v) is 2.02. The van der Waals surface area contributed by atoms with Crippen molar-refractivity contribution < 1.29 is 0 Å². The summed E-state index contributed by atoms with van der Waals surface area (Å²) in [6.07, 6.45) is 7.34. The van der Waals surface area contributed by atoms with Gasteiger partial charge in [0.2, 0.25) is 0 Å². The second-order valence-corrected chi connectivity index (χ2v) is 4.32. The Morgan fingerprint density at radius 1 is 1.64 bits per heavy atom. The highest BCUT2D eigenvalue weighted by molar-refractivity contribution is 7.98. The molecule has 0 amide bonds. The van der Waals surface area contributed by atoms with Gasteiger partial charge < -0.3 is 5.32 Å². The van der Waals surface area contributed by atoms with Gasteiger partial charge in [0.15, 0.2) is 0 Å². The van der Waals surface area contributed by atoms with Gasteiger partial charge in [-0.2, -0.15) is 16.9 Å². The van der Waals surface area contributed by atoms with Gasteiger partial charge in [-0.25, -0.2) is 0 Å². The molecule has 1 rings (SSSR count). The van der Waals surface area contributed by atoms with Crippen LogP contribution in [-0.2, 0) is 7.05 Å². The molecule has 1 unspecified atom stereocenters. The number of nitrogens with one attached hydrogen (secondary N) is 1. The van der Waals surface area contributed by atoms with Crippen molar-refractivity contribution in [2.45, 2.75) is 19.4 Å². The predicted molar refractivity (Wildman–Crippen MR) is 62.6 cm³/mol. The molecule has 0 saturated carbocycles. The lowest BCUT2D eigenvalue weighted by Crippen LogP contribution is -2.23. The van der Waals surface area contributed by atoms with Crippen LogP contribution in [0.1, 0.15) is 24.9 Å². The summed E-state index contributed by atoms with van der Waals surface area (Å²) in [5, 5.41) is 7.72. The van der Waals surface area contributed by atoms with Crippen LogP contribution in [0.15, 0.2) is 12.4 Å². The van der Waals surface area contributed by atoms with E-state index in [9.17, 15) is 0 Å². The van der Waals surface area contributed by atoms with Crippen LogP contribution in [0.2, 0.25) is 0 Å². The molecule has 80 valence electrons. The van der Waals surface area contributed by atoms with Crippen molar-refractivity contribution in [3.05, 3.63) is 18.0 Å². The van der Waals surface area contributed by atoms with Gasteiger partial charge in [-0.1, -0.05) is 6.92 Å². The summed E-state index contributed by atoms with van der Waals surface area (Å²) in [6.45, 7) is 3.26. The maximum absolute atomic E-state index is 4.20. The fourth-order valence-electron chi connectivity index (χ4n) is 1.38. The lowest BCUT2D eigenvalue weighted by Gasteiger charge is -2.15. The molecular weight excluding hydrogens is 194 g/mol. The molecule has 0 aromatic carbocycles. The van der Waals surface area contributed by atoms with Gasteiger partial charge in [-0.05, 0) is 19.2 Å². The largest absolute Gasteiger partial charge is 0.309 e. The van der Waals surface area contributed by atoms with Gasteiger partial charge in [0.25, 0.3) is 0 Å². The van der Waals surface area contributed by atoms with Crippen molar-refractivity contribution in [2.75, 3.05) is 18.6 Å². The van der Waals surface area contributed by atoms with Crippen molar-refractivity contribution in [2.24, 2.45) is 7.05 Å². The fraction of sp³-hybridized carbons (Fsp3) is 0.700. The first kappa shape index (κ1) is 11.6. The van der Waals surface area contributed by atoms with E-state index in [4.69, 9.17) is 0 Å². The zero-order valence-corrected chi connectivity index (χ0v) is 9.97. The van der Waals surface area contributed by atoms with E-state index in [2.05, 4.69) is 29.8 Å². The predicted octanol–water partition coefficient (Wildman–Crippen LogP) is 1.82. The normalized spacial score (nSPS) is 13.1. The number of thioether (sulfide) groups is 1. The number of hydrogen-bond donors (Lipinski definition) is 1. The third-order valence-corrected chi connectivity index (χ3v) is 2.77. The summed E-state index contributed by atoms with van der Waals surface area (Å²) in [4.78, 5) is 0. The molecule has 0 aliphatic heterocycles. The smallest absolute Gasteiger partial charge is 0.0537 e. The SMILES string of the molecule is CCCNC(CSC)c1cnn(C)c1. The van der Waals surface area contributed by atoms with Crippen molar-refractivity contribution in [3.63, 3.8) is 0 Å². The number of hydrogen-bond acceptors (Lipinski definition) is 3. The first-order chi connectivity index (χ1) is 6.77. The molecule has 1 N–H and O–H groups in total. The quantitative estimate of drug-likeness (QED) is 0.782. The third kappa shape index (κ3) is 3.35. The zero-order valence-electron chi connectivity index (χ0n) is 9.16. The molecule has 14 heavy (non-hydrogen) atoms. The standard InChI is InChI=1S/C10H19N3S/c1-4-5-11-10(8-14-3)9-6-12-13(2)7-9/h6-7,10-11H,4-5,8H2,1-3H3. The molecule has 1 aromatic rings. The van der Waals surface area contributed by atoms with Crippen LogP contribution < -0.4 is 5.32 Å². The number of aromatic nitrogens is 2. The minimum Gasteiger partial charge on any atom is -0.309 e. The molecule has 0 aliphatic carbocycles. The summed E-state index contributed by atoms with van der Waals surface area (Å²) >= 11 is 1.86. The first-order valence-electron chi connectivity index (χ1n) is 4.98. The van der Waals surface area contributed by atoms with E-state index in [1.54, 1.807) is 0 Å². The average molecular weight is 213 g/mol. The van der Waals surface area contributed by atoms with E-state index < -0.39 is 0 Å². The Morgan fingerprint density at radius 2 is 2.43 bits per heavy atom. The summed E-state index contributed by atoms with van der Waals surface area (Å²) < 4.78 is 1.86. The lowest BCUT2D eigenvalue weighted by molar-refractivity contribution is 0.577. The Balaban J connectivity index is 2.57. The number of rotatable bonds is 6. The van der Waals surface area contributed by atoms with Crippen LogP contribution in [0.4, 0.5) is 0 Å². The highest BCUT2D eigenvalue weighted by Gasteiger charge is 2.10. The molecule has 0 saturated heterocycles. The van der Waals surface area contributed by atoms with E-state index in [1.807, 2.05) is 29.7 Å². The Kier molecular flexibility index (Phi) is 5.04. The van der Waals surface area contributed by atoms with E-state index in [0.29, 0.717) is 6.04 Å². The molecule has 1 aromatic heterocycles. The molecule has 0 fully saturated rings. The highest BCUT2D eigenvalue weighted by atomic mass is 32.2. The van der Waals surface area contributed by atoms with Crippen molar-refractivity contribution in [1.29, 1.82) is 0 Å². The van der Waals surface area contributed by atoms with Crippen LogP contribution >= 0.6 is 11.8 Å². The Labute approximate surface area is 90.3 Å². The monoisotopic (exact) mass is 213 g/mol. The van der Waals surface area contributed by atoms with Crippen molar-refractivity contribution in [1.82, 2.24) is 15.1 Å². The summed E-state index contributed by atoms with van der Waals surface area (Å²) in [6, 6.07) is 0.443. The topological polar surface area (TPSA) is 29.9 Å². The average Bonchev–Trinajstić information content (AvgIpc) is 2.59. The van der Waals surface area contributed by atoms with E-state index in [0.717, 1.165) is 12.3 Å². The molecule has 0 radical (unpaired) electrons. The van der Waals surface area contributed by atoms with E-state index in [-0.39, 0.29) is 0 Å². The minimum atomic E-state index is 0.443. The highest BCUT2D eigenvalue weighted by Crippen LogP contribution is 2.15. The van der Waals surface area contributed by atoms with Crippen molar-refractivity contribution in [3.8, 4) is 0 Å². The second kappa shape index (κ2) is 6.09. The van der Waals surface area contributed by atoms with Crippen molar-refractivity contribution >= 4 is 11.8 Å². The number of nitrogens with zero attached hydrogens (tertiary/aromatic N) is 2. The Morgan fingerprint density at radius 3 is 2.93 bits per heavy atom. The minimum absolute atomic E-state index is 0.443.